The first-order valence-electron chi connectivity index (χ1n) is 8.52. The molecule has 0 saturated heterocycles. The van der Waals surface area contributed by atoms with E-state index < -0.39 is 0 Å². The Hall–Kier alpha value is -0.830. The van der Waals surface area contributed by atoms with Crippen LogP contribution in [0.25, 0.3) is 0 Å². The smallest absolute Gasteiger partial charge is 0.333 e. The number of carbonyl (C=O) groups is 1. The van der Waals surface area contributed by atoms with Crippen LogP contribution in [0.15, 0.2) is 12.2 Å². The molecule has 0 saturated carbocycles. The van der Waals surface area contributed by atoms with Crippen molar-refractivity contribution in [3.05, 3.63) is 12.2 Å². The summed E-state index contributed by atoms with van der Waals surface area (Å²) in [4.78, 5) is 11.1. The quantitative estimate of drug-likeness (QED) is 0.260. The zero-order valence-electron chi connectivity index (χ0n) is 14.3. The van der Waals surface area contributed by atoms with Crippen LogP contribution in [0.4, 0.5) is 0 Å². The van der Waals surface area contributed by atoms with Gasteiger partial charge in [-0.2, -0.15) is 0 Å². The van der Waals surface area contributed by atoms with E-state index in [-0.39, 0.29) is 5.97 Å². The summed E-state index contributed by atoms with van der Waals surface area (Å²) in [6, 6.07) is 0. The van der Waals surface area contributed by atoms with E-state index in [4.69, 9.17) is 9.47 Å². The molecular formula is C18H34O3. The molecule has 0 aromatic carbocycles. The minimum Gasteiger partial charge on any atom is -0.462 e. The molecule has 0 amide bonds. The third kappa shape index (κ3) is 12.6. The third-order valence-corrected chi connectivity index (χ3v) is 3.66. The summed E-state index contributed by atoms with van der Waals surface area (Å²) in [6.07, 6.45) is 9.33. The van der Waals surface area contributed by atoms with E-state index >= 15 is 0 Å². The number of ether oxygens (including phenoxy) is 2. The van der Waals surface area contributed by atoms with E-state index in [1.807, 2.05) is 0 Å². The monoisotopic (exact) mass is 298 g/mol. The number of hydrogen-bond donors (Lipinski definition) is 0. The Morgan fingerprint density at radius 3 is 2.29 bits per heavy atom. The van der Waals surface area contributed by atoms with E-state index in [1.165, 1.54) is 25.7 Å². The predicted molar refractivity (Wildman–Crippen MR) is 88.4 cm³/mol. The van der Waals surface area contributed by atoms with E-state index in [0.717, 1.165) is 44.8 Å². The van der Waals surface area contributed by atoms with Crippen LogP contribution in [0, 0.1) is 5.92 Å². The molecule has 0 aromatic rings. The van der Waals surface area contributed by atoms with Gasteiger partial charge in [-0.25, -0.2) is 4.79 Å². The molecule has 21 heavy (non-hydrogen) atoms. The largest absolute Gasteiger partial charge is 0.462 e. The molecule has 124 valence electrons. The standard InChI is InChI=1S/C18H34O3/c1-5-7-12-17(6-2)15-20-13-10-8-9-11-14-21-18(19)16(3)4/h17H,3,5-15H2,1-2,4H3. The van der Waals surface area contributed by atoms with E-state index in [1.54, 1.807) is 6.92 Å². The summed E-state index contributed by atoms with van der Waals surface area (Å²) in [5.41, 5.74) is 0.469. The predicted octanol–water partition coefficient (Wildman–Crippen LogP) is 4.90. The van der Waals surface area contributed by atoms with Crippen molar-refractivity contribution < 1.29 is 14.3 Å². The van der Waals surface area contributed by atoms with Gasteiger partial charge in [0, 0.05) is 18.8 Å². The molecule has 0 radical (unpaired) electrons. The highest BCUT2D eigenvalue weighted by molar-refractivity contribution is 5.86. The molecule has 0 aliphatic rings. The molecule has 0 N–H and O–H groups in total. The van der Waals surface area contributed by atoms with Crippen LogP contribution < -0.4 is 0 Å². The van der Waals surface area contributed by atoms with Gasteiger partial charge < -0.3 is 9.47 Å². The molecule has 3 heteroatoms. The third-order valence-electron chi connectivity index (χ3n) is 3.66. The van der Waals surface area contributed by atoms with E-state index in [9.17, 15) is 4.79 Å². The Morgan fingerprint density at radius 2 is 1.71 bits per heavy atom. The summed E-state index contributed by atoms with van der Waals surface area (Å²) < 4.78 is 10.8. The van der Waals surface area contributed by atoms with Crippen LogP contribution in [0.3, 0.4) is 0 Å². The molecule has 1 atom stereocenters. The lowest BCUT2D eigenvalue weighted by molar-refractivity contribution is -0.139. The van der Waals surface area contributed by atoms with Crippen molar-refractivity contribution in [3.63, 3.8) is 0 Å². The molecular weight excluding hydrogens is 264 g/mol. The highest BCUT2D eigenvalue weighted by atomic mass is 16.5. The zero-order valence-corrected chi connectivity index (χ0v) is 14.3. The van der Waals surface area contributed by atoms with E-state index in [0.29, 0.717) is 12.2 Å². The average Bonchev–Trinajstić information content (AvgIpc) is 2.48. The summed E-state index contributed by atoms with van der Waals surface area (Å²) in [5.74, 6) is 0.447. The van der Waals surface area contributed by atoms with Crippen molar-refractivity contribution in [2.45, 2.75) is 72.1 Å². The van der Waals surface area contributed by atoms with Crippen molar-refractivity contribution in [2.24, 2.45) is 5.92 Å². The molecule has 3 nitrogen and oxygen atoms in total. The highest BCUT2D eigenvalue weighted by Crippen LogP contribution is 2.13. The molecule has 0 bridgehead atoms. The fourth-order valence-electron chi connectivity index (χ4n) is 2.10. The van der Waals surface area contributed by atoms with Gasteiger partial charge in [0.1, 0.15) is 0 Å². The van der Waals surface area contributed by atoms with Gasteiger partial charge in [0.15, 0.2) is 0 Å². The zero-order chi connectivity index (χ0) is 15.9. The molecule has 0 fully saturated rings. The van der Waals surface area contributed by atoms with Gasteiger partial charge in [-0.15, -0.1) is 0 Å². The van der Waals surface area contributed by atoms with Gasteiger partial charge in [0.2, 0.25) is 0 Å². The minimum absolute atomic E-state index is 0.281. The number of carbonyl (C=O) groups excluding carboxylic acids is 1. The highest BCUT2D eigenvalue weighted by Gasteiger charge is 2.05. The maximum absolute atomic E-state index is 11.1. The minimum atomic E-state index is -0.281. The summed E-state index contributed by atoms with van der Waals surface area (Å²) in [5, 5.41) is 0. The molecule has 1 unspecified atom stereocenters. The van der Waals surface area contributed by atoms with Gasteiger partial charge in [-0.05, 0) is 38.5 Å². The lowest BCUT2D eigenvalue weighted by Crippen LogP contribution is -2.09. The van der Waals surface area contributed by atoms with Crippen molar-refractivity contribution >= 4 is 5.97 Å². The van der Waals surface area contributed by atoms with Crippen molar-refractivity contribution in [1.82, 2.24) is 0 Å². The molecule has 0 aromatic heterocycles. The maximum atomic E-state index is 11.1. The molecule has 0 aliphatic heterocycles. The van der Waals surface area contributed by atoms with Crippen LogP contribution >= 0.6 is 0 Å². The first kappa shape index (κ1) is 20.2. The van der Waals surface area contributed by atoms with Crippen LogP contribution in [0.1, 0.15) is 72.1 Å². The molecule has 0 rings (SSSR count). The van der Waals surface area contributed by atoms with Crippen LogP contribution in [0.5, 0.6) is 0 Å². The van der Waals surface area contributed by atoms with E-state index in [2.05, 4.69) is 20.4 Å². The normalized spacial score (nSPS) is 12.1. The van der Waals surface area contributed by atoms with Crippen LogP contribution in [-0.2, 0) is 14.3 Å². The Bertz CT molecular complexity index is 274. The van der Waals surface area contributed by atoms with Gasteiger partial charge >= 0.3 is 5.97 Å². The summed E-state index contributed by atoms with van der Waals surface area (Å²) in [7, 11) is 0. The fourth-order valence-corrected chi connectivity index (χ4v) is 2.10. The second-order valence-corrected chi connectivity index (χ2v) is 5.82. The summed E-state index contributed by atoms with van der Waals surface area (Å²) in [6.45, 7) is 12.0. The number of hydrogen-bond acceptors (Lipinski definition) is 3. The first-order chi connectivity index (χ1) is 10.1. The number of rotatable bonds is 14. The number of esters is 1. The molecule has 0 heterocycles. The van der Waals surface area contributed by atoms with Crippen molar-refractivity contribution in [3.8, 4) is 0 Å². The van der Waals surface area contributed by atoms with Crippen LogP contribution in [-0.4, -0.2) is 25.8 Å². The lowest BCUT2D eigenvalue weighted by atomic mass is 10.0. The van der Waals surface area contributed by atoms with Crippen molar-refractivity contribution in [1.29, 1.82) is 0 Å². The Balaban J connectivity index is 3.32. The second kappa shape index (κ2) is 14.1. The lowest BCUT2D eigenvalue weighted by Gasteiger charge is -2.14. The Labute approximate surface area is 131 Å². The van der Waals surface area contributed by atoms with Gasteiger partial charge in [-0.3, -0.25) is 0 Å². The van der Waals surface area contributed by atoms with Crippen LogP contribution in [0.2, 0.25) is 0 Å². The Morgan fingerprint density at radius 1 is 1.05 bits per heavy atom. The topological polar surface area (TPSA) is 35.5 Å². The fraction of sp³-hybridized carbons (Fsp3) is 0.833. The second-order valence-electron chi connectivity index (χ2n) is 5.82. The molecule has 0 spiro atoms. The SMILES string of the molecule is C=C(C)C(=O)OCCCCCCOCC(CC)CCCC. The number of unbranched alkanes of at least 4 members (excludes halogenated alkanes) is 4. The Kier molecular flexibility index (Phi) is 13.6. The average molecular weight is 298 g/mol. The maximum Gasteiger partial charge on any atom is 0.333 e. The van der Waals surface area contributed by atoms with Gasteiger partial charge in [0.25, 0.3) is 0 Å². The first-order valence-corrected chi connectivity index (χ1v) is 8.52. The van der Waals surface area contributed by atoms with Crippen molar-refractivity contribution in [2.75, 3.05) is 19.8 Å². The van der Waals surface area contributed by atoms with Gasteiger partial charge in [0.05, 0.1) is 6.61 Å². The van der Waals surface area contributed by atoms with Gasteiger partial charge in [-0.1, -0.05) is 46.1 Å². The summed E-state index contributed by atoms with van der Waals surface area (Å²) >= 11 is 0. The molecule has 0 aliphatic carbocycles.